The number of hydrogen-bond donors (Lipinski definition) is 5. The zero-order valence-electron chi connectivity index (χ0n) is 14.6. The fourth-order valence-corrected chi connectivity index (χ4v) is 2.77. The van der Waals surface area contributed by atoms with Gasteiger partial charge in [0.15, 0.2) is 0 Å². The van der Waals surface area contributed by atoms with Crippen LogP contribution in [-0.2, 0) is 9.53 Å². The minimum Gasteiger partial charge on any atom is -0.465 e. The van der Waals surface area contributed by atoms with E-state index in [9.17, 15) is 9.59 Å². The molecule has 1 aromatic heterocycles. The van der Waals surface area contributed by atoms with Gasteiger partial charge >= 0.3 is 5.97 Å². The number of pyridine rings is 1. The Hall–Kier alpha value is -2.94. The van der Waals surface area contributed by atoms with Gasteiger partial charge in [-0.1, -0.05) is 12.8 Å². The van der Waals surface area contributed by atoms with Crippen LogP contribution in [0.15, 0.2) is 30.2 Å². The van der Waals surface area contributed by atoms with E-state index in [2.05, 4.69) is 20.4 Å². The van der Waals surface area contributed by atoms with Crippen LogP contribution in [0.1, 0.15) is 36.0 Å². The van der Waals surface area contributed by atoms with Crippen LogP contribution in [-0.4, -0.2) is 41.9 Å². The predicted molar refractivity (Wildman–Crippen MR) is 97.6 cm³/mol. The lowest BCUT2D eigenvalue weighted by atomic mass is 9.91. The fraction of sp³-hybridized carbons (Fsp3) is 0.412. The maximum atomic E-state index is 11.7. The molecule has 0 aromatic carbocycles. The second kappa shape index (κ2) is 8.95. The first-order valence-electron chi connectivity index (χ1n) is 8.33. The van der Waals surface area contributed by atoms with E-state index < -0.39 is 11.9 Å². The Bertz CT molecular complexity index is 718. The largest absolute Gasteiger partial charge is 0.465 e. The minimum atomic E-state index is -0.753. The molecule has 1 aliphatic rings. The van der Waals surface area contributed by atoms with E-state index in [-0.39, 0.29) is 29.1 Å². The summed E-state index contributed by atoms with van der Waals surface area (Å²) in [6.45, 7) is 0. The first-order valence-corrected chi connectivity index (χ1v) is 8.33. The molecule has 9 nitrogen and oxygen atoms in total. The fourth-order valence-electron chi connectivity index (χ4n) is 2.77. The summed E-state index contributed by atoms with van der Waals surface area (Å²) < 4.78 is 4.63. The standard InChI is InChI=1S/C17H24N6O3/c1-26-17(25)10-6-11(8-21-7-10)23-15(19)12(16(20)24)9-22-14-5-3-2-4-13(14)18/h6-9,13-14,22H,2-5,18H2,1H3,(H2,19,23)(H2,20,24)/b12-9+. The zero-order valence-corrected chi connectivity index (χ0v) is 14.6. The van der Waals surface area contributed by atoms with Gasteiger partial charge in [0.05, 0.1) is 30.1 Å². The third-order valence-corrected chi connectivity index (χ3v) is 4.22. The van der Waals surface area contributed by atoms with Crippen molar-refractivity contribution in [2.24, 2.45) is 11.5 Å². The molecule has 0 spiro atoms. The van der Waals surface area contributed by atoms with Crippen molar-refractivity contribution in [1.82, 2.24) is 10.3 Å². The van der Waals surface area contributed by atoms with Crippen LogP contribution in [0, 0.1) is 5.41 Å². The maximum absolute atomic E-state index is 11.7. The number of primary amides is 1. The SMILES string of the molecule is COC(=O)c1cncc(NC(=N)/C(=C\NC2CCCCC2N)C(N)=O)c1. The third-order valence-electron chi connectivity index (χ3n) is 4.22. The number of carbonyl (C=O) groups is 2. The molecule has 26 heavy (non-hydrogen) atoms. The summed E-state index contributed by atoms with van der Waals surface area (Å²) in [5, 5.41) is 13.9. The van der Waals surface area contributed by atoms with Crippen LogP contribution < -0.4 is 22.1 Å². The molecule has 2 rings (SSSR count). The summed E-state index contributed by atoms with van der Waals surface area (Å²) >= 11 is 0. The van der Waals surface area contributed by atoms with Gasteiger partial charge in [0.2, 0.25) is 0 Å². The molecule has 1 saturated carbocycles. The number of aromatic nitrogens is 1. The van der Waals surface area contributed by atoms with Crippen LogP contribution in [0.4, 0.5) is 5.69 Å². The molecule has 0 radical (unpaired) electrons. The van der Waals surface area contributed by atoms with Crippen molar-refractivity contribution in [3.05, 3.63) is 35.8 Å². The molecule has 0 bridgehead atoms. The topological polar surface area (TPSA) is 156 Å². The number of methoxy groups -OCH3 is 1. The third kappa shape index (κ3) is 5.03. The average molecular weight is 360 g/mol. The summed E-state index contributed by atoms with van der Waals surface area (Å²) in [4.78, 5) is 27.2. The van der Waals surface area contributed by atoms with Gasteiger partial charge in [-0.15, -0.1) is 0 Å². The van der Waals surface area contributed by atoms with E-state index in [0.29, 0.717) is 5.69 Å². The molecular formula is C17H24N6O3. The Kier molecular flexibility index (Phi) is 6.67. The van der Waals surface area contributed by atoms with Gasteiger partial charge in [-0.3, -0.25) is 15.2 Å². The van der Waals surface area contributed by atoms with Crippen molar-refractivity contribution < 1.29 is 14.3 Å². The summed E-state index contributed by atoms with van der Waals surface area (Å²) in [6, 6.07) is 1.50. The molecule has 7 N–H and O–H groups in total. The van der Waals surface area contributed by atoms with Crippen LogP contribution in [0.3, 0.4) is 0 Å². The lowest BCUT2D eigenvalue weighted by Gasteiger charge is -2.29. The number of carbonyl (C=O) groups excluding carboxylic acids is 2. The summed E-state index contributed by atoms with van der Waals surface area (Å²) in [6.07, 6.45) is 8.15. The normalized spacial score (nSPS) is 20.2. The number of nitrogens with zero attached hydrogens (tertiary/aromatic N) is 1. The predicted octanol–water partition coefficient (Wildman–Crippen LogP) is 0.486. The second-order valence-corrected chi connectivity index (χ2v) is 6.10. The van der Waals surface area contributed by atoms with E-state index in [4.69, 9.17) is 16.9 Å². The average Bonchev–Trinajstić information content (AvgIpc) is 2.62. The number of nitrogens with two attached hydrogens (primary N) is 2. The maximum Gasteiger partial charge on any atom is 0.339 e. The van der Waals surface area contributed by atoms with Gasteiger partial charge in [0, 0.05) is 24.5 Å². The van der Waals surface area contributed by atoms with Gasteiger partial charge in [0.1, 0.15) is 5.84 Å². The molecule has 1 amide bonds. The van der Waals surface area contributed by atoms with Crippen molar-refractivity contribution >= 4 is 23.4 Å². The van der Waals surface area contributed by atoms with E-state index >= 15 is 0 Å². The van der Waals surface area contributed by atoms with Crippen molar-refractivity contribution in [2.75, 3.05) is 12.4 Å². The molecule has 1 aromatic rings. The first-order chi connectivity index (χ1) is 12.4. The molecule has 9 heteroatoms. The quantitative estimate of drug-likeness (QED) is 0.214. The van der Waals surface area contributed by atoms with Gasteiger partial charge in [-0.25, -0.2) is 4.79 Å². The Labute approximate surface area is 151 Å². The Balaban J connectivity index is 2.09. The molecule has 0 aliphatic heterocycles. The number of nitrogens with one attached hydrogen (secondary N) is 3. The molecule has 0 saturated heterocycles. The van der Waals surface area contributed by atoms with Gasteiger partial charge in [0.25, 0.3) is 5.91 Å². The number of esters is 1. The number of rotatable bonds is 6. The van der Waals surface area contributed by atoms with Crippen molar-refractivity contribution in [3.8, 4) is 0 Å². The lowest BCUT2D eigenvalue weighted by molar-refractivity contribution is -0.114. The minimum absolute atomic E-state index is 0.00259. The number of hydrogen-bond acceptors (Lipinski definition) is 7. The molecule has 1 aliphatic carbocycles. The highest BCUT2D eigenvalue weighted by atomic mass is 16.5. The number of ether oxygens (including phenoxy) is 1. The van der Waals surface area contributed by atoms with Gasteiger partial charge in [-0.05, 0) is 18.9 Å². The van der Waals surface area contributed by atoms with Crippen LogP contribution in [0.2, 0.25) is 0 Å². The van der Waals surface area contributed by atoms with Crippen LogP contribution in [0.5, 0.6) is 0 Å². The van der Waals surface area contributed by atoms with Gasteiger partial charge < -0.3 is 26.8 Å². The highest BCUT2D eigenvalue weighted by molar-refractivity contribution is 6.23. The highest BCUT2D eigenvalue weighted by Crippen LogP contribution is 2.17. The molecule has 1 fully saturated rings. The van der Waals surface area contributed by atoms with E-state index in [0.717, 1.165) is 25.7 Å². The Morgan fingerprint density at radius 3 is 2.73 bits per heavy atom. The van der Waals surface area contributed by atoms with Crippen molar-refractivity contribution in [1.29, 1.82) is 5.41 Å². The van der Waals surface area contributed by atoms with Crippen LogP contribution in [0.25, 0.3) is 0 Å². The summed E-state index contributed by atoms with van der Waals surface area (Å²) in [5.74, 6) is -1.51. The number of amidine groups is 1. The molecule has 1 heterocycles. The second-order valence-electron chi connectivity index (χ2n) is 6.10. The Morgan fingerprint density at radius 2 is 2.08 bits per heavy atom. The zero-order chi connectivity index (χ0) is 19.1. The Morgan fingerprint density at radius 1 is 1.35 bits per heavy atom. The monoisotopic (exact) mass is 360 g/mol. The van der Waals surface area contributed by atoms with Crippen molar-refractivity contribution in [3.63, 3.8) is 0 Å². The van der Waals surface area contributed by atoms with E-state index in [1.54, 1.807) is 0 Å². The summed E-state index contributed by atoms with van der Waals surface area (Å²) in [7, 11) is 1.26. The molecule has 2 atom stereocenters. The van der Waals surface area contributed by atoms with E-state index in [1.165, 1.54) is 31.8 Å². The van der Waals surface area contributed by atoms with Gasteiger partial charge in [-0.2, -0.15) is 0 Å². The highest BCUT2D eigenvalue weighted by Gasteiger charge is 2.21. The summed E-state index contributed by atoms with van der Waals surface area (Å²) in [5.41, 5.74) is 12.0. The lowest BCUT2D eigenvalue weighted by Crippen LogP contribution is -2.45. The van der Waals surface area contributed by atoms with Crippen LogP contribution >= 0.6 is 0 Å². The van der Waals surface area contributed by atoms with Crippen molar-refractivity contribution in [2.45, 2.75) is 37.8 Å². The van der Waals surface area contributed by atoms with E-state index in [1.807, 2.05) is 0 Å². The number of amides is 1. The molecule has 2 unspecified atom stereocenters. The smallest absolute Gasteiger partial charge is 0.339 e. The number of anilines is 1. The first kappa shape index (κ1) is 19.4. The molecule has 140 valence electrons. The molecular weight excluding hydrogens is 336 g/mol.